The fourth-order valence-corrected chi connectivity index (χ4v) is 3.52. The molecule has 0 saturated carbocycles. The third-order valence-corrected chi connectivity index (χ3v) is 4.34. The van der Waals surface area contributed by atoms with Crippen LogP contribution in [0.15, 0.2) is 30.3 Å². The highest BCUT2D eigenvalue weighted by molar-refractivity contribution is 7.19. The largest absolute Gasteiger partial charge is 0.462 e. The van der Waals surface area contributed by atoms with Gasteiger partial charge in [-0.15, -0.1) is 11.3 Å². The molecule has 0 aliphatic carbocycles. The van der Waals surface area contributed by atoms with E-state index in [4.69, 9.17) is 14.2 Å². The molecule has 0 unspecified atom stereocenters. The van der Waals surface area contributed by atoms with E-state index in [2.05, 4.69) is 18.2 Å². The first-order valence-electron chi connectivity index (χ1n) is 7.57. The molecule has 0 fully saturated rings. The second-order valence-electron chi connectivity index (χ2n) is 4.77. The number of thiophene rings is 1. The lowest BCUT2D eigenvalue weighted by Crippen LogP contribution is -2.47. The number of hydrogen-bond donors (Lipinski definition) is 0. The summed E-state index contributed by atoms with van der Waals surface area (Å²) in [4.78, 5) is 13.4. The van der Waals surface area contributed by atoms with Crippen molar-refractivity contribution in [1.29, 1.82) is 0 Å². The highest BCUT2D eigenvalue weighted by Gasteiger charge is 2.42. The van der Waals surface area contributed by atoms with Gasteiger partial charge in [0.1, 0.15) is 0 Å². The Labute approximate surface area is 135 Å². The highest BCUT2D eigenvalue weighted by Crippen LogP contribution is 2.30. The van der Waals surface area contributed by atoms with Gasteiger partial charge in [-0.1, -0.05) is 18.2 Å². The number of carbonyl (C=O) groups excluding carboxylic acids is 1. The summed E-state index contributed by atoms with van der Waals surface area (Å²) >= 11 is 1.64. The van der Waals surface area contributed by atoms with Crippen molar-refractivity contribution in [3.63, 3.8) is 0 Å². The Kier molecular flexibility index (Phi) is 5.94. The molecule has 22 heavy (non-hydrogen) atoms. The van der Waals surface area contributed by atoms with Gasteiger partial charge in [0, 0.05) is 29.2 Å². The molecule has 120 valence electrons. The zero-order valence-corrected chi connectivity index (χ0v) is 14.1. The second-order valence-corrected chi connectivity index (χ2v) is 5.94. The molecular formula is C17H22O4S. The lowest BCUT2D eigenvalue weighted by Gasteiger charge is -2.30. The van der Waals surface area contributed by atoms with E-state index in [1.807, 2.05) is 26.0 Å². The van der Waals surface area contributed by atoms with Crippen molar-refractivity contribution in [1.82, 2.24) is 0 Å². The molecule has 4 nitrogen and oxygen atoms in total. The van der Waals surface area contributed by atoms with Gasteiger partial charge in [-0.3, -0.25) is 0 Å². The Morgan fingerprint density at radius 2 is 1.77 bits per heavy atom. The van der Waals surface area contributed by atoms with E-state index < -0.39 is 11.8 Å². The second kappa shape index (κ2) is 7.72. The summed E-state index contributed by atoms with van der Waals surface area (Å²) in [6, 6.07) is 10.2. The van der Waals surface area contributed by atoms with Crippen LogP contribution in [0.3, 0.4) is 0 Å². The van der Waals surface area contributed by atoms with Crippen LogP contribution < -0.4 is 0 Å². The molecule has 0 aliphatic heterocycles. The number of hydrogen-bond acceptors (Lipinski definition) is 5. The minimum absolute atomic E-state index is 0.299. The molecule has 1 aromatic carbocycles. The predicted octanol–water partition coefficient (Wildman–Crippen LogP) is 3.78. The molecule has 0 radical (unpaired) electrons. The molecule has 1 aromatic heterocycles. The monoisotopic (exact) mass is 322 g/mol. The van der Waals surface area contributed by atoms with Gasteiger partial charge in [0.2, 0.25) is 0 Å². The van der Waals surface area contributed by atoms with Crippen LogP contribution in [0.1, 0.15) is 25.6 Å². The summed E-state index contributed by atoms with van der Waals surface area (Å²) < 4.78 is 17.7. The quantitative estimate of drug-likeness (QED) is 0.548. The minimum atomic E-state index is -1.36. The van der Waals surface area contributed by atoms with Crippen molar-refractivity contribution < 1.29 is 19.0 Å². The number of ether oxygens (including phenoxy) is 3. The Morgan fingerprint density at radius 3 is 2.36 bits per heavy atom. The summed E-state index contributed by atoms with van der Waals surface area (Å²) in [5.41, 5.74) is 0. The van der Waals surface area contributed by atoms with Crippen molar-refractivity contribution in [2.45, 2.75) is 33.0 Å². The average Bonchev–Trinajstić information content (AvgIpc) is 2.89. The van der Waals surface area contributed by atoms with Gasteiger partial charge in [-0.2, -0.15) is 0 Å². The van der Waals surface area contributed by atoms with E-state index in [9.17, 15) is 4.79 Å². The van der Waals surface area contributed by atoms with Crippen molar-refractivity contribution in [3.05, 3.63) is 35.2 Å². The van der Waals surface area contributed by atoms with Crippen molar-refractivity contribution in [2.24, 2.45) is 0 Å². The third kappa shape index (κ3) is 3.66. The van der Waals surface area contributed by atoms with Gasteiger partial charge in [0.15, 0.2) is 0 Å². The van der Waals surface area contributed by atoms with Crippen LogP contribution >= 0.6 is 11.3 Å². The summed E-state index contributed by atoms with van der Waals surface area (Å²) in [6.45, 7) is 6.52. The van der Waals surface area contributed by atoms with Gasteiger partial charge in [0.05, 0.1) is 6.61 Å². The summed E-state index contributed by atoms with van der Waals surface area (Å²) in [7, 11) is 0. The van der Waals surface area contributed by atoms with Crippen LogP contribution in [0.5, 0.6) is 0 Å². The lowest BCUT2D eigenvalue weighted by molar-refractivity contribution is -0.244. The van der Waals surface area contributed by atoms with E-state index in [1.165, 1.54) is 4.70 Å². The smallest absolute Gasteiger partial charge is 0.367 e. The number of rotatable bonds is 8. The average molecular weight is 322 g/mol. The van der Waals surface area contributed by atoms with Gasteiger partial charge < -0.3 is 14.2 Å². The molecule has 0 spiro atoms. The van der Waals surface area contributed by atoms with E-state index in [0.29, 0.717) is 26.2 Å². The van der Waals surface area contributed by atoms with Gasteiger partial charge in [0.25, 0.3) is 5.79 Å². The number of fused-ring (bicyclic) bond motifs is 1. The fraction of sp³-hybridized carbons (Fsp3) is 0.471. The molecule has 1 heterocycles. The maximum absolute atomic E-state index is 12.4. The summed E-state index contributed by atoms with van der Waals surface area (Å²) in [6.07, 6.45) is 0.354. The summed E-state index contributed by atoms with van der Waals surface area (Å²) in [5.74, 6) is -1.82. The van der Waals surface area contributed by atoms with E-state index in [0.717, 1.165) is 10.3 Å². The Hall–Kier alpha value is -1.43. The predicted molar refractivity (Wildman–Crippen MR) is 88.1 cm³/mol. The molecule has 2 rings (SSSR count). The Bertz CT molecular complexity index is 581. The van der Waals surface area contributed by atoms with Crippen molar-refractivity contribution in [3.8, 4) is 0 Å². The molecule has 0 atom stereocenters. The third-order valence-electron chi connectivity index (χ3n) is 3.22. The van der Waals surface area contributed by atoms with E-state index >= 15 is 0 Å². The van der Waals surface area contributed by atoms with Crippen LogP contribution in [0.2, 0.25) is 0 Å². The number of carbonyl (C=O) groups is 1. The molecule has 5 heteroatoms. The van der Waals surface area contributed by atoms with Crippen LogP contribution in [-0.2, 0) is 25.4 Å². The first kappa shape index (κ1) is 16.9. The Morgan fingerprint density at radius 1 is 1.09 bits per heavy atom. The topological polar surface area (TPSA) is 44.8 Å². The molecule has 0 bridgehead atoms. The van der Waals surface area contributed by atoms with Gasteiger partial charge in [-0.05, 0) is 38.3 Å². The maximum Gasteiger partial charge on any atom is 0.367 e. The van der Waals surface area contributed by atoms with Gasteiger partial charge in [-0.25, -0.2) is 4.79 Å². The zero-order chi connectivity index (χ0) is 16.0. The molecule has 2 aromatic rings. The van der Waals surface area contributed by atoms with Crippen LogP contribution in [0.4, 0.5) is 0 Å². The molecular weight excluding hydrogens is 300 g/mol. The standard InChI is InChI=1S/C17H22O4S/c1-4-19-16(18)17(20-5-2,21-6-3)12-14-11-13-9-7-8-10-15(13)22-14/h7-11H,4-6,12H2,1-3H3. The van der Waals surface area contributed by atoms with Gasteiger partial charge >= 0.3 is 5.97 Å². The minimum Gasteiger partial charge on any atom is -0.462 e. The van der Waals surface area contributed by atoms with Crippen LogP contribution in [-0.4, -0.2) is 31.6 Å². The molecule has 0 saturated heterocycles. The van der Waals surface area contributed by atoms with Crippen LogP contribution in [0.25, 0.3) is 10.1 Å². The van der Waals surface area contributed by atoms with E-state index in [-0.39, 0.29) is 0 Å². The maximum atomic E-state index is 12.4. The highest BCUT2D eigenvalue weighted by atomic mass is 32.1. The first-order chi connectivity index (χ1) is 10.6. The zero-order valence-electron chi connectivity index (χ0n) is 13.3. The molecule has 0 N–H and O–H groups in total. The SMILES string of the molecule is CCOC(=O)C(Cc1cc2ccccc2s1)(OCC)OCC. The van der Waals surface area contributed by atoms with Crippen molar-refractivity contribution >= 4 is 27.4 Å². The number of esters is 1. The normalized spacial score (nSPS) is 11.8. The number of benzene rings is 1. The van der Waals surface area contributed by atoms with E-state index in [1.54, 1.807) is 18.3 Å². The molecule has 0 amide bonds. The first-order valence-corrected chi connectivity index (χ1v) is 8.39. The summed E-state index contributed by atoms with van der Waals surface area (Å²) in [5, 5.41) is 1.16. The fourth-order valence-electron chi connectivity index (χ4n) is 2.39. The van der Waals surface area contributed by atoms with Crippen LogP contribution in [0, 0.1) is 0 Å². The lowest BCUT2D eigenvalue weighted by atomic mass is 10.1. The Balaban J connectivity index is 2.32. The van der Waals surface area contributed by atoms with Crippen molar-refractivity contribution in [2.75, 3.05) is 19.8 Å². The molecule has 0 aliphatic rings.